The van der Waals surface area contributed by atoms with Crippen LogP contribution in [0.25, 0.3) is 0 Å². The zero-order valence-corrected chi connectivity index (χ0v) is 16.5. The lowest BCUT2D eigenvalue weighted by molar-refractivity contribution is -0.116. The van der Waals surface area contributed by atoms with Crippen LogP contribution in [0.4, 0.5) is 5.69 Å². The molecule has 3 N–H and O–H groups in total. The van der Waals surface area contributed by atoms with E-state index in [1.165, 1.54) is 11.1 Å². The Labute approximate surface area is 162 Å². The minimum absolute atomic E-state index is 0.0537. The van der Waals surface area contributed by atoms with Gasteiger partial charge >= 0.3 is 0 Å². The topological polar surface area (TPSA) is 65.5 Å². The van der Waals surface area contributed by atoms with Crippen LogP contribution in [0.5, 0.6) is 0 Å². The first-order valence-corrected chi connectivity index (χ1v) is 9.57. The number of aliphatic imine (C=N–C) groups is 1. The number of carbonyl (C=O) groups excluding carboxylic acids is 1. The van der Waals surface area contributed by atoms with Crippen LogP contribution in [0.3, 0.4) is 0 Å². The molecule has 5 nitrogen and oxygen atoms in total. The van der Waals surface area contributed by atoms with E-state index in [0.717, 1.165) is 36.7 Å². The average molecular weight is 367 g/mol. The highest BCUT2D eigenvalue weighted by Crippen LogP contribution is 2.11. The van der Waals surface area contributed by atoms with E-state index in [1.807, 2.05) is 31.2 Å². The van der Waals surface area contributed by atoms with E-state index >= 15 is 0 Å². The highest BCUT2D eigenvalue weighted by Gasteiger charge is 2.02. The predicted octanol–water partition coefficient (Wildman–Crippen LogP) is 3.99. The van der Waals surface area contributed by atoms with Gasteiger partial charge in [0.1, 0.15) is 0 Å². The van der Waals surface area contributed by atoms with Crippen molar-refractivity contribution < 1.29 is 4.79 Å². The largest absolute Gasteiger partial charge is 0.357 e. The van der Waals surface area contributed by atoms with E-state index in [0.29, 0.717) is 13.0 Å². The zero-order valence-electron chi connectivity index (χ0n) is 16.5. The van der Waals surface area contributed by atoms with E-state index < -0.39 is 0 Å². The number of carbonyl (C=O) groups is 1. The number of anilines is 1. The van der Waals surface area contributed by atoms with E-state index in [2.05, 4.69) is 59.1 Å². The van der Waals surface area contributed by atoms with Crippen molar-refractivity contribution in [3.8, 4) is 0 Å². The summed E-state index contributed by atoms with van der Waals surface area (Å²) in [6.07, 6.45) is 1.40. The Morgan fingerprint density at radius 2 is 1.59 bits per heavy atom. The Kier molecular flexibility index (Phi) is 8.36. The van der Waals surface area contributed by atoms with Crippen molar-refractivity contribution in [1.82, 2.24) is 10.6 Å². The summed E-state index contributed by atoms with van der Waals surface area (Å²) in [5.74, 6) is 0.844. The zero-order chi connectivity index (χ0) is 19.5. The summed E-state index contributed by atoms with van der Waals surface area (Å²) < 4.78 is 0. The van der Waals surface area contributed by atoms with Gasteiger partial charge in [-0.25, -0.2) is 4.99 Å². The van der Waals surface area contributed by atoms with Gasteiger partial charge in [-0.05, 0) is 43.5 Å². The first kappa shape index (κ1) is 20.5. The Morgan fingerprint density at radius 1 is 0.926 bits per heavy atom. The molecule has 144 valence electrons. The van der Waals surface area contributed by atoms with Gasteiger partial charge in [0.15, 0.2) is 5.96 Å². The Morgan fingerprint density at radius 3 is 2.22 bits per heavy atom. The molecule has 2 aromatic rings. The Bertz CT molecular complexity index is 736. The summed E-state index contributed by atoms with van der Waals surface area (Å²) in [7, 11) is 0. The number of hydrogen-bond donors (Lipinski definition) is 3. The van der Waals surface area contributed by atoms with Gasteiger partial charge in [-0.3, -0.25) is 4.79 Å². The minimum Gasteiger partial charge on any atom is -0.357 e. The molecular formula is C22H30N4O. The second-order valence-electron chi connectivity index (χ2n) is 6.53. The van der Waals surface area contributed by atoms with Gasteiger partial charge in [-0.2, -0.15) is 0 Å². The molecular weight excluding hydrogens is 336 g/mol. The molecule has 1 amide bonds. The Balaban J connectivity index is 1.91. The summed E-state index contributed by atoms with van der Waals surface area (Å²) in [5.41, 5.74) is 4.40. The van der Waals surface area contributed by atoms with Crippen LogP contribution in [0.15, 0.2) is 53.5 Å². The molecule has 0 saturated heterocycles. The van der Waals surface area contributed by atoms with Gasteiger partial charge in [0.05, 0.1) is 6.54 Å². The monoisotopic (exact) mass is 366 g/mol. The molecule has 0 aliphatic rings. The fraction of sp³-hybridized carbons (Fsp3) is 0.364. The number of rotatable bonds is 8. The van der Waals surface area contributed by atoms with Crippen LogP contribution in [0.2, 0.25) is 0 Å². The van der Waals surface area contributed by atoms with Crippen LogP contribution in [0, 0.1) is 6.92 Å². The SMILES string of the molecule is CCCC(=O)Nc1ccc(CN=C(NCC)NCc2ccc(C)cc2)cc1. The number of aryl methyl sites for hydroxylation is 1. The fourth-order valence-corrected chi connectivity index (χ4v) is 2.55. The lowest BCUT2D eigenvalue weighted by Crippen LogP contribution is -2.36. The van der Waals surface area contributed by atoms with Gasteiger partial charge in [0, 0.05) is 25.2 Å². The maximum atomic E-state index is 11.6. The van der Waals surface area contributed by atoms with Gasteiger partial charge in [0.25, 0.3) is 0 Å². The smallest absolute Gasteiger partial charge is 0.224 e. The molecule has 0 saturated carbocycles. The van der Waals surface area contributed by atoms with Gasteiger partial charge in [0.2, 0.25) is 5.91 Å². The van der Waals surface area contributed by atoms with Crippen molar-refractivity contribution in [2.75, 3.05) is 11.9 Å². The number of nitrogens with zero attached hydrogens (tertiary/aromatic N) is 1. The molecule has 0 heterocycles. The predicted molar refractivity (Wildman–Crippen MR) is 113 cm³/mol. The number of nitrogens with one attached hydrogen (secondary N) is 3. The molecule has 0 radical (unpaired) electrons. The van der Waals surface area contributed by atoms with Crippen LogP contribution < -0.4 is 16.0 Å². The molecule has 0 aliphatic heterocycles. The van der Waals surface area contributed by atoms with Crippen molar-refractivity contribution >= 4 is 17.6 Å². The molecule has 0 atom stereocenters. The molecule has 0 bridgehead atoms. The van der Waals surface area contributed by atoms with E-state index in [9.17, 15) is 4.79 Å². The summed E-state index contributed by atoms with van der Waals surface area (Å²) in [6.45, 7) is 8.25. The normalized spacial score (nSPS) is 11.1. The molecule has 27 heavy (non-hydrogen) atoms. The molecule has 0 aliphatic carbocycles. The van der Waals surface area contributed by atoms with Crippen molar-refractivity contribution in [2.45, 2.75) is 46.7 Å². The third-order valence-electron chi connectivity index (χ3n) is 4.06. The average Bonchev–Trinajstić information content (AvgIpc) is 2.66. The van der Waals surface area contributed by atoms with Crippen LogP contribution in [-0.2, 0) is 17.9 Å². The lowest BCUT2D eigenvalue weighted by atomic mass is 10.1. The van der Waals surface area contributed by atoms with Crippen LogP contribution >= 0.6 is 0 Å². The summed E-state index contributed by atoms with van der Waals surface area (Å²) >= 11 is 0. The first-order chi connectivity index (χ1) is 13.1. The lowest BCUT2D eigenvalue weighted by Gasteiger charge is -2.12. The number of guanidine groups is 1. The molecule has 5 heteroatoms. The number of hydrogen-bond acceptors (Lipinski definition) is 2. The van der Waals surface area contributed by atoms with E-state index in [1.54, 1.807) is 0 Å². The summed E-state index contributed by atoms with van der Waals surface area (Å²) in [4.78, 5) is 16.3. The molecule has 0 fully saturated rings. The number of amides is 1. The van der Waals surface area contributed by atoms with E-state index in [4.69, 9.17) is 0 Å². The molecule has 0 spiro atoms. The summed E-state index contributed by atoms with van der Waals surface area (Å²) in [6, 6.07) is 16.3. The maximum Gasteiger partial charge on any atom is 0.224 e. The van der Waals surface area contributed by atoms with Crippen molar-refractivity contribution in [2.24, 2.45) is 4.99 Å². The highest BCUT2D eigenvalue weighted by molar-refractivity contribution is 5.90. The second kappa shape index (κ2) is 11.0. The van der Waals surface area contributed by atoms with Crippen LogP contribution in [-0.4, -0.2) is 18.4 Å². The highest BCUT2D eigenvalue weighted by atomic mass is 16.1. The van der Waals surface area contributed by atoms with Crippen LogP contribution in [0.1, 0.15) is 43.4 Å². The van der Waals surface area contributed by atoms with Gasteiger partial charge < -0.3 is 16.0 Å². The fourth-order valence-electron chi connectivity index (χ4n) is 2.55. The van der Waals surface area contributed by atoms with E-state index in [-0.39, 0.29) is 5.91 Å². The van der Waals surface area contributed by atoms with Crippen molar-refractivity contribution in [3.05, 3.63) is 65.2 Å². The first-order valence-electron chi connectivity index (χ1n) is 9.57. The number of benzene rings is 2. The summed E-state index contributed by atoms with van der Waals surface area (Å²) in [5, 5.41) is 9.53. The van der Waals surface area contributed by atoms with Crippen molar-refractivity contribution in [3.63, 3.8) is 0 Å². The molecule has 0 unspecified atom stereocenters. The molecule has 0 aromatic heterocycles. The van der Waals surface area contributed by atoms with Crippen molar-refractivity contribution in [1.29, 1.82) is 0 Å². The third-order valence-corrected chi connectivity index (χ3v) is 4.06. The standard InChI is InChI=1S/C22H30N4O/c1-4-6-21(27)26-20-13-11-19(12-14-20)16-25-22(23-5-2)24-15-18-9-7-17(3)8-10-18/h7-14H,4-6,15-16H2,1-3H3,(H,26,27)(H2,23,24,25). The van der Waals surface area contributed by atoms with Gasteiger partial charge in [-0.15, -0.1) is 0 Å². The molecule has 2 rings (SSSR count). The molecule has 2 aromatic carbocycles. The van der Waals surface area contributed by atoms with Gasteiger partial charge in [-0.1, -0.05) is 48.9 Å². The maximum absolute atomic E-state index is 11.6. The Hall–Kier alpha value is -2.82. The second-order valence-corrected chi connectivity index (χ2v) is 6.53. The minimum atomic E-state index is 0.0537. The third kappa shape index (κ3) is 7.52. The quantitative estimate of drug-likeness (QED) is 0.489.